The van der Waals surface area contributed by atoms with Gasteiger partial charge >= 0.3 is 0 Å². The highest BCUT2D eigenvalue weighted by atomic mass is 35.5. The molecule has 0 atom stereocenters. The maximum Gasteiger partial charge on any atom is 0.179 e. The van der Waals surface area contributed by atoms with Crippen LogP contribution < -0.4 is 4.74 Å². The van der Waals surface area contributed by atoms with Crippen LogP contribution in [0.4, 0.5) is 4.39 Å². The van der Waals surface area contributed by atoms with Crippen LogP contribution in [0.3, 0.4) is 0 Å². The van der Waals surface area contributed by atoms with E-state index in [-0.39, 0.29) is 22.2 Å². The largest absolute Gasteiger partial charge is 0.494 e. The molecular weight excluding hydrogens is 230 g/mol. The number of ketones is 1. The van der Waals surface area contributed by atoms with Crippen LogP contribution in [0, 0.1) is 5.82 Å². The van der Waals surface area contributed by atoms with Gasteiger partial charge in [-0.25, -0.2) is 4.39 Å². The number of halogens is 3. The monoisotopic (exact) mass is 236 g/mol. The lowest BCUT2D eigenvalue weighted by Crippen LogP contribution is -2.02. The molecule has 0 aliphatic rings. The van der Waals surface area contributed by atoms with Crippen LogP contribution in [0.2, 0.25) is 5.02 Å². The number of benzene rings is 1. The lowest BCUT2D eigenvalue weighted by atomic mass is 10.1. The van der Waals surface area contributed by atoms with Crippen molar-refractivity contribution in [2.24, 2.45) is 0 Å². The molecule has 1 rings (SSSR count). The zero-order valence-electron chi connectivity index (χ0n) is 7.31. The summed E-state index contributed by atoms with van der Waals surface area (Å²) >= 11 is 11.1. The minimum Gasteiger partial charge on any atom is -0.494 e. The van der Waals surface area contributed by atoms with Crippen LogP contribution in [0.5, 0.6) is 5.75 Å². The summed E-state index contributed by atoms with van der Waals surface area (Å²) in [6, 6.07) is 2.27. The highest BCUT2D eigenvalue weighted by Gasteiger charge is 2.14. The zero-order valence-corrected chi connectivity index (χ0v) is 8.82. The van der Waals surface area contributed by atoms with Gasteiger partial charge in [0.15, 0.2) is 17.3 Å². The third-order valence-corrected chi connectivity index (χ3v) is 2.22. The molecule has 0 spiro atoms. The maximum atomic E-state index is 13.1. The van der Waals surface area contributed by atoms with Crippen molar-refractivity contribution in [3.63, 3.8) is 0 Å². The molecule has 0 aliphatic heterocycles. The highest BCUT2D eigenvalue weighted by molar-refractivity contribution is 6.37. The summed E-state index contributed by atoms with van der Waals surface area (Å²) < 4.78 is 17.8. The molecule has 1 aromatic carbocycles. The Bertz CT molecular complexity index is 366. The number of hydrogen-bond acceptors (Lipinski definition) is 2. The smallest absolute Gasteiger partial charge is 0.179 e. The minimum absolute atomic E-state index is 0.00104. The van der Waals surface area contributed by atoms with E-state index in [4.69, 9.17) is 27.9 Å². The van der Waals surface area contributed by atoms with E-state index in [1.54, 1.807) is 0 Å². The van der Waals surface area contributed by atoms with Gasteiger partial charge in [-0.15, -0.1) is 11.6 Å². The Kier molecular flexibility index (Phi) is 3.72. The quantitative estimate of drug-likeness (QED) is 0.596. The average molecular weight is 237 g/mol. The van der Waals surface area contributed by atoms with E-state index >= 15 is 0 Å². The predicted octanol–water partition coefficient (Wildman–Crippen LogP) is 2.91. The first kappa shape index (κ1) is 11.3. The van der Waals surface area contributed by atoms with Gasteiger partial charge in [-0.05, 0) is 6.07 Å². The number of Topliss-reactive ketones (excluding diaryl/α,β-unsaturated/α-hetero) is 1. The molecule has 0 amide bonds. The summed E-state index contributed by atoms with van der Waals surface area (Å²) in [4.78, 5) is 11.2. The molecule has 0 heterocycles. The van der Waals surface area contributed by atoms with Gasteiger partial charge in [0.2, 0.25) is 0 Å². The summed E-state index contributed by atoms with van der Waals surface area (Å²) in [7, 11) is 1.32. The Labute approximate surface area is 90.6 Å². The van der Waals surface area contributed by atoms with Crippen LogP contribution in [-0.4, -0.2) is 18.8 Å². The standard InChI is InChI=1S/C9H7Cl2FO2/c1-14-9-3-6(11)5(2-7(9)12)8(13)4-10/h2-3H,4H2,1H3. The normalized spacial score (nSPS) is 10.0. The number of ether oxygens (including phenoxy) is 1. The van der Waals surface area contributed by atoms with Gasteiger partial charge in [-0.2, -0.15) is 0 Å². The van der Waals surface area contributed by atoms with Crippen LogP contribution in [0.1, 0.15) is 10.4 Å². The van der Waals surface area contributed by atoms with Gasteiger partial charge in [0.25, 0.3) is 0 Å². The molecule has 0 bridgehead atoms. The molecule has 0 unspecified atom stereocenters. The molecule has 0 aliphatic carbocycles. The third kappa shape index (κ3) is 2.16. The van der Waals surface area contributed by atoms with Crippen LogP contribution in [0.25, 0.3) is 0 Å². The summed E-state index contributed by atoms with van der Waals surface area (Å²) in [5.41, 5.74) is 0.0694. The minimum atomic E-state index is -0.634. The molecule has 76 valence electrons. The van der Waals surface area contributed by atoms with Crippen molar-refractivity contribution >= 4 is 29.0 Å². The van der Waals surface area contributed by atoms with Gasteiger partial charge in [0.05, 0.1) is 18.0 Å². The lowest BCUT2D eigenvalue weighted by molar-refractivity contribution is 0.102. The van der Waals surface area contributed by atoms with Crippen molar-refractivity contribution in [1.82, 2.24) is 0 Å². The van der Waals surface area contributed by atoms with E-state index in [2.05, 4.69) is 0 Å². The second kappa shape index (κ2) is 4.62. The Morgan fingerprint density at radius 3 is 2.71 bits per heavy atom. The Morgan fingerprint density at radius 2 is 2.21 bits per heavy atom. The second-order valence-corrected chi connectivity index (χ2v) is 3.20. The van der Waals surface area contributed by atoms with Crippen LogP contribution in [0.15, 0.2) is 12.1 Å². The zero-order chi connectivity index (χ0) is 10.7. The van der Waals surface area contributed by atoms with Gasteiger partial charge in [0, 0.05) is 11.6 Å². The summed E-state index contributed by atoms with van der Waals surface area (Å²) in [5.74, 6) is -1.28. The molecule has 2 nitrogen and oxygen atoms in total. The molecule has 0 fully saturated rings. The van der Waals surface area contributed by atoms with Crippen LogP contribution >= 0.6 is 23.2 Å². The molecule has 0 N–H and O–H groups in total. The van der Waals surface area contributed by atoms with E-state index in [0.717, 1.165) is 6.07 Å². The van der Waals surface area contributed by atoms with E-state index in [1.165, 1.54) is 13.2 Å². The Balaban J connectivity index is 3.21. The van der Waals surface area contributed by atoms with Crippen molar-refractivity contribution in [2.75, 3.05) is 13.0 Å². The predicted molar refractivity (Wildman–Crippen MR) is 53.0 cm³/mol. The number of hydrogen-bond donors (Lipinski definition) is 0. The third-order valence-electron chi connectivity index (χ3n) is 1.66. The molecule has 0 aromatic heterocycles. The topological polar surface area (TPSA) is 26.3 Å². The number of carbonyl (C=O) groups excluding carboxylic acids is 1. The van der Waals surface area contributed by atoms with Gasteiger partial charge in [0.1, 0.15) is 0 Å². The van der Waals surface area contributed by atoms with Crippen molar-refractivity contribution in [1.29, 1.82) is 0 Å². The molecule has 0 radical (unpaired) electrons. The molecule has 1 aromatic rings. The van der Waals surface area contributed by atoms with Crippen LogP contribution in [-0.2, 0) is 0 Å². The van der Waals surface area contributed by atoms with Gasteiger partial charge in [-0.1, -0.05) is 11.6 Å². The van der Waals surface area contributed by atoms with Crippen molar-refractivity contribution in [3.8, 4) is 5.75 Å². The first-order valence-corrected chi connectivity index (χ1v) is 4.63. The first-order chi connectivity index (χ1) is 6.60. The van der Waals surface area contributed by atoms with Crippen molar-refractivity contribution < 1.29 is 13.9 Å². The average Bonchev–Trinajstić information content (AvgIpc) is 2.19. The lowest BCUT2D eigenvalue weighted by Gasteiger charge is -2.05. The Morgan fingerprint density at radius 1 is 1.57 bits per heavy atom. The summed E-state index contributed by atoms with van der Waals surface area (Å²) in [6.45, 7) is 0. The molecule has 0 saturated carbocycles. The fraction of sp³-hybridized carbons (Fsp3) is 0.222. The Hall–Kier alpha value is -0.800. The maximum absolute atomic E-state index is 13.1. The van der Waals surface area contributed by atoms with E-state index in [1.807, 2.05) is 0 Å². The number of rotatable bonds is 3. The second-order valence-electron chi connectivity index (χ2n) is 2.52. The first-order valence-electron chi connectivity index (χ1n) is 3.72. The molecule has 14 heavy (non-hydrogen) atoms. The number of methoxy groups -OCH3 is 1. The fourth-order valence-electron chi connectivity index (χ4n) is 0.971. The van der Waals surface area contributed by atoms with E-state index in [0.29, 0.717) is 0 Å². The van der Waals surface area contributed by atoms with Crippen molar-refractivity contribution in [2.45, 2.75) is 0 Å². The number of carbonyl (C=O) groups is 1. The van der Waals surface area contributed by atoms with Gasteiger partial charge < -0.3 is 4.74 Å². The highest BCUT2D eigenvalue weighted by Crippen LogP contribution is 2.26. The molecule has 0 saturated heterocycles. The van der Waals surface area contributed by atoms with Gasteiger partial charge in [-0.3, -0.25) is 4.79 Å². The SMILES string of the molecule is COc1cc(Cl)c(C(=O)CCl)cc1F. The van der Waals surface area contributed by atoms with Crippen molar-refractivity contribution in [3.05, 3.63) is 28.5 Å². The molecule has 5 heteroatoms. The van der Waals surface area contributed by atoms with E-state index < -0.39 is 11.6 Å². The fourth-order valence-corrected chi connectivity index (χ4v) is 1.37. The summed E-state index contributed by atoms with van der Waals surface area (Å²) in [5, 5.41) is 0.133. The number of alkyl halides is 1. The molecular formula is C9H7Cl2FO2. The van der Waals surface area contributed by atoms with E-state index in [9.17, 15) is 9.18 Å². The summed E-state index contributed by atoms with van der Waals surface area (Å²) in [6.07, 6.45) is 0.